The Bertz CT molecular complexity index is 492. The maximum absolute atomic E-state index is 11.1. The molecule has 2 aromatic heterocycles. The lowest BCUT2D eigenvalue weighted by molar-refractivity contribution is -0.605. The molecule has 0 atom stereocenters. The van der Waals surface area contributed by atoms with E-state index in [9.17, 15) is 5.21 Å². The molecule has 0 saturated heterocycles. The zero-order chi connectivity index (χ0) is 11.5. The second-order valence-electron chi connectivity index (χ2n) is 3.53. The van der Waals surface area contributed by atoms with Crippen LogP contribution in [0.4, 0.5) is 5.69 Å². The van der Waals surface area contributed by atoms with Gasteiger partial charge in [-0.2, -0.15) is 9.83 Å². The van der Waals surface area contributed by atoms with Gasteiger partial charge in [0.15, 0.2) is 6.20 Å². The van der Waals surface area contributed by atoms with E-state index in [1.165, 1.54) is 12.4 Å². The quantitative estimate of drug-likeness (QED) is 0.623. The van der Waals surface area contributed by atoms with Crippen LogP contribution < -0.4 is 10.0 Å². The summed E-state index contributed by atoms with van der Waals surface area (Å²) in [6, 6.07) is 3.54. The molecule has 0 aliphatic rings. The predicted molar refractivity (Wildman–Crippen MR) is 61.4 cm³/mol. The molecule has 0 radical (unpaired) electrons. The molecule has 0 aromatic carbocycles. The van der Waals surface area contributed by atoms with Crippen molar-refractivity contribution in [2.45, 2.75) is 13.8 Å². The number of hydrogen-bond donors (Lipinski definition) is 1. The molecule has 0 fully saturated rings. The van der Waals surface area contributed by atoms with Crippen LogP contribution in [0.5, 0.6) is 0 Å². The summed E-state index contributed by atoms with van der Waals surface area (Å²) >= 11 is 0. The number of pyridine rings is 1. The number of anilines is 1. The molecule has 0 aliphatic heterocycles. The molecule has 2 heterocycles. The molecule has 2 rings (SSSR count). The third-order valence-corrected chi connectivity index (χ3v) is 2.29. The van der Waals surface area contributed by atoms with Gasteiger partial charge in [0.2, 0.25) is 6.20 Å². The highest BCUT2D eigenvalue weighted by atomic mass is 16.5. The summed E-state index contributed by atoms with van der Waals surface area (Å²) < 4.78 is 2.46. The highest BCUT2D eigenvalue weighted by molar-refractivity contribution is 5.47. The molecule has 0 saturated carbocycles. The van der Waals surface area contributed by atoms with Crippen molar-refractivity contribution in [2.75, 3.05) is 11.9 Å². The largest absolute Gasteiger partial charge is 0.619 e. The van der Waals surface area contributed by atoms with Gasteiger partial charge in [-0.1, -0.05) is 0 Å². The molecule has 1 N–H and O–H groups in total. The molecule has 0 aliphatic carbocycles. The van der Waals surface area contributed by atoms with Gasteiger partial charge in [-0.05, 0) is 19.9 Å². The third-order valence-electron chi connectivity index (χ3n) is 2.29. The molecular weight excluding hydrogens is 204 g/mol. The van der Waals surface area contributed by atoms with Gasteiger partial charge in [-0.15, -0.1) is 0 Å². The molecule has 0 unspecified atom stereocenters. The Morgan fingerprint density at radius 2 is 2.38 bits per heavy atom. The van der Waals surface area contributed by atoms with E-state index in [1.54, 1.807) is 10.7 Å². The van der Waals surface area contributed by atoms with Crippen LogP contribution in [0.2, 0.25) is 0 Å². The summed E-state index contributed by atoms with van der Waals surface area (Å²) in [5, 5.41) is 18.7. The molecule has 5 heteroatoms. The minimum Gasteiger partial charge on any atom is -0.619 e. The summed E-state index contributed by atoms with van der Waals surface area (Å²) in [5.74, 6) is 0. The predicted octanol–water partition coefficient (Wildman–Crippen LogP) is 1.25. The fourth-order valence-corrected chi connectivity index (χ4v) is 1.53. The number of rotatable bonds is 3. The number of nitrogens with one attached hydrogen (secondary N) is 1. The third kappa shape index (κ3) is 1.98. The van der Waals surface area contributed by atoms with Crippen LogP contribution in [0.3, 0.4) is 0 Å². The van der Waals surface area contributed by atoms with Crippen LogP contribution in [-0.2, 0) is 0 Å². The Morgan fingerprint density at radius 1 is 1.56 bits per heavy atom. The summed E-state index contributed by atoms with van der Waals surface area (Å²) in [7, 11) is 0. The van der Waals surface area contributed by atoms with Crippen molar-refractivity contribution in [2.24, 2.45) is 0 Å². The van der Waals surface area contributed by atoms with Crippen LogP contribution >= 0.6 is 0 Å². The summed E-state index contributed by atoms with van der Waals surface area (Å²) in [4.78, 5) is 0. The maximum atomic E-state index is 11.1. The average molecular weight is 218 g/mol. The van der Waals surface area contributed by atoms with Crippen molar-refractivity contribution in [3.8, 4) is 5.69 Å². The van der Waals surface area contributed by atoms with Crippen molar-refractivity contribution in [1.82, 2.24) is 9.78 Å². The van der Waals surface area contributed by atoms with Crippen molar-refractivity contribution < 1.29 is 4.73 Å². The normalized spacial score (nSPS) is 10.4. The lowest BCUT2D eigenvalue weighted by atomic mass is 10.4. The van der Waals surface area contributed by atoms with Crippen LogP contribution in [-0.4, -0.2) is 16.3 Å². The van der Waals surface area contributed by atoms with Crippen LogP contribution in [0, 0.1) is 12.1 Å². The standard InChI is InChI=1S/C11H14N4O/c1-3-12-11-8-15(13-9(11)2)10-5-4-6-14(16)7-10/h4-8,12H,3H2,1-2H3. The van der Waals surface area contributed by atoms with Crippen molar-refractivity contribution in [3.05, 3.63) is 41.6 Å². The van der Waals surface area contributed by atoms with Gasteiger partial charge in [0.05, 0.1) is 17.6 Å². The van der Waals surface area contributed by atoms with Gasteiger partial charge in [0.1, 0.15) is 5.69 Å². The van der Waals surface area contributed by atoms with Crippen molar-refractivity contribution in [3.63, 3.8) is 0 Å². The minimum atomic E-state index is 0.754. The Balaban J connectivity index is 2.37. The minimum absolute atomic E-state index is 0.754. The summed E-state index contributed by atoms with van der Waals surface area (Å²) in [5.41, 5.74) is 2.66. The molecule has 0 spiro atoms. The highest BCUT2D eigenvalue weighted by Gasteiger charge is 2.06. The van der Waals surface area contributed by atoms with E-state index < -0.39 is 0 Å². The maximum Gasteiger partial charge on any atom is 0.206 e. The first kappa shape index (κ1) is 10.5. The molecular formula is C11H14N4O. The van der Waals surface area contributed by atoms with Crippen LogP contribution in [0.25, 0.3) is 5.69 Å². The topological polar surface area (TPSA) is 56.8 Å². The SMILES string of the molecule is CCNc1cn(-c2ccc[n+]([O-])c2)nc1C. The van der Waals surface area contributed by atoms with Crippen molar-refractivity contribution >= 4 is 5.69 Å². The monoisotopic (exact) mass is 218 g/mol. The molecule has 2 aromatic rings. The van der Waals surface area contributed by atoms with Crippen LogP contribution in [0.15, 0.2) is 30.7 Å². The average Bonchev–Trinajstić information content (AvgIpc) is 2.61. The smallest absolute Gasteiger partial charge is 0.206 e. The Labute approximate surface area is 93.9 Å². The van der Waals surface area contributed by atoms with Gasteiger partial charge in [-0.3, -0.25) is 0 Å². The second-order valence-corrected chi connectivity index (χ2v) is 3.53. The summed E-state index contributed by atoms with van der Waals surface area (Å²) in [6.45, 7) is 4.82. The zero-order valence-corrected chi connectivity index (χ0v) is 9.34. The first-order valence-electron chi connectivity index (χ1n) is 5.20. The molecule has 0 amide bonds. The lowest BCUT2D eigenvalue weighted by Crippen LogP contribution is -2.25. The molecule has 0 bridgehead atoms. The van der Waals surface area contributed by atoms with E-state index in [1.807, 2.05) is 26.1 Å². The van der Waals surface area contributed by atoms with E-state index >= 15 is 0 Å². The zero-order valence-electron chi connectivity index (χ0n) is 9.34. The van der Waals surface area contributed by atoms with E-state index in [0.717, 1.165) is 28.3 Å². The van der Waals surface area contributed by atoms with Gasteiger partial charge < -0.3 is 10.5 Å². The van der Waals surface area contributed by atoms with Gasteiger partial charge in [0.25, 0.3) is 0 Å². The number of nitrogens with zero attached hydrogens (tertiary/aromatic N) is 3. The molecule has 16 heavy (non-hydrogen) atoms. The van der Waals surface area contributed by atoms with Gasteiger partial charge in [-0.25, -0.2) is 4.68 Å². The van der Waals surface area contributed by atoms with Gasteiger partial charge in [0, 0.05) is 12.6 Å². The Morgan fingerprint density at radius 3 is 3.06 bits per heavy atom. The Kier molecular flexibility index (Phi) is 2.76. The number of hydrogen-bond acceptors (Lipinski definition) is 3. The van der Waals surface area contributed by atoms with Gasteiger partial charge >= 0.3 is 0 Å². The second kappa shape index (κ2) is 4.22. The van der Waals surface area contributed by atoms with Crippen molar-refractivity contribution in [1.29, 1.82) is 0 Å². The fourth-order valence-electron chi connectivity index (χ4n) is 1.53. The first-order valence-corrected chi connectivity index (χ1v) is 5.20. The van der Waals surface area contributed by atoms with Crippen LogP contribution in [0.1, 0.15) is 12.6 Å². The first-order chi connectivity index (χ1) is 7.70. The number of aryl methyl sites for hydroxylation is 1. The van der Waals surface area contributed by atoms with E-state index in [-0.39, 0.29) is 0 Å². The van der Waals surface area contributed by atoms with E-state index in [2.05, 4.69) is 10.4 Å². The Hall–Kier alpha value is -2.04. The highest BCUT2D eigenvalue weighted by Crippen LogP contribution is 2.14. The lowest BCUT2D eigenvalue weighted by Gasteiger charge is -2.00. The number of aromatic nitrogens is 3. The molecule has 5 nitrogen and oxygen atoms in total. The van der Waals surface area contributed by atoms with E-state index in [4.69, 9.17) is 0 Å². The van der Waals surface area contributed by atoms with E-state index in [0.29, 0.717) is 0 Å². The molecule has 84 valence electrons. The summed E-state index contributed by atoms with van der Waals surface area (Å²) in [6.07, 6.45) is 4.82. The fraction of sp³-hybridized carbons (Fsp3) is 0.273.